The second-order valence-corrected chi connectivity index (χ2v) is 7.73. The summed E-state index contributed by atoms with van der Waals surface area (Å²) in [6.07, 6.45) is 5.95. The quantitative estimate of drug-likeness (QED) is 0.412. The second-order valence-electron chi connectivity index (χ2n) is 7.73. The molecular weight excluding hydrogens is 398 g/mol. The first-order valence-corrected chi connectivity index (χ1v) is 10.4. The van der Waals surface area contributed by atoms with Gasteiger partial charge in [-0.3, -0.25) is 19.9 Å². The van der Waals surface area contributed by atoms with Gasteiger partial charge in [-0.15, -0.1) is 0 Å². The maximum absolute atomic E-state index is 12.9. The van der Waals surface area contributed by atoms with E-state index in [1.165, 1.54) is 11.1 Å². The Bertz CT molecular complexity index is 1370. The molecule has 0 bridgehead atoms. The van der Waals surface area contributed by atoms with Crippen molar-refractivity contribution in [1.29, 1.82) is 0 Å². The van der Waals surface area contributed by atoms with Crippen LogP contribution < -0.4 is 5.32 Å². The van der Waals surface area contributed by atoms with Crippen LogP contribution in [-0.2, 0) is 6.42 Å². The predicted molar refractivity (Wildman–Crippen MR) is 125 cm³/mol. The van der Waals surface area contributed by atoms with E-state index in [1.54, 1.807) is 18.6 Å². The Labute approximate surface area is 185 Å². The van der Waals surface area contributed by atoms with Gasteiger partial charge in [-0.25, -0.2) is 0 Å². The van der Waals surface area contributed by atoms with E-state index in [0.717, 1.165) is 34.1 Å². The fraction of sp³-hybridized carbons (Fsp3) is 0.0769. The van der Waals surface area contributed by atoms with Gasteiger partial charge < -0.3 is 5.32 Å². The van der Waals surface area contributed by atoms with Gasteiger partial charge in [0.2, 0.25) is 0 Å². The predicted octanol–water partition coefficient (Wildman–Crippen LogP) is 5.17. The molecule has 0 spiro atoms. The standard InChI is InChI=1S/C26H21N5O/c1-17-4-6-18(7-5-17)13-21-9-10-22(16-28-21)29-26(32)25-23-14-19(8-11-24(23)30-31-25)20-3-2-12-27-15-20/h2-12,14-16H,13H2,1H3,(H,29,32)(H,30,31). The van der Waals surface area contributed by atoms with E-state index in [4.69, 9.17) is 0 Å². The summed E-state index contributed by atoms with van der Waals surface area (Å²) in [6.45, 7) is 2.07. The van der Waals surface area contributed by atoms with Gasteiger partial charge in [-0.2, -0.15) is 5.10 Å². The molecule has 0 aliphatic heterocycles. The summed E-state index contributed by atoms with van der Waals surface area (Å²) in [5.74, 6) is -0.285. The maximum Gasteiger partial charge on any atom is 0.276 e. The van der Waals surface area contributed by atoms with Crippen LogP contribution >= 0.6 is 0 Å². The summed E-state index contributed by atoms with van der Waals surface area (Å²) >= 11 is 0. The molecule has 0 saturated carbocycles. The Balaban J connectivity index is 1.34. The molecule has 5 aromatic rings. The number of anilines is 1. The van der Waals surface area contributed by atoms with Gasteiger partial charge in [0.15, 0.2) is 5.69 Å². The van der Waals surface area contributed by atoms with E-state index in [-0.39, 0.29) is 5.91 Å². The largest absolute Gasteiger partial charge is 0.319 e. The second kappa shape index (κ2) is 8.43. The number of H-pyrrole nitrogens is 1. The van der Waals surface area contributed by atoms with Crippen molar-refractivity contribution < 1.29 is 4.79 Å². The molecule has 5 rings (SSSR count). The van der Waals surface area contributed by atoms with Gasteiger partial charge in [0.1, 0.15) is 0 Å². The minimum Gasteiger partial charge on any atom is -0.319 e. The van der Waals surface area contributed by atoms with E-state index in [9.17, 15) is 4.79 Å². The molecule has 3 aromatic heterocycles. The number of rotatable bonds is 5. The number of carbonyl (C=O) groups is 1. The van der Waals surface area contributed by atoms with Crippen molar-refractivity contribution in [3.63, 3.8) is 0 Å². The Kier molecular flexibility index (Phi) is 5.17. The molecule has 1 amide bonds. The Hall–Kier alpha value is -4.32. The zero-order valence-electron chi connectivity index (χ0n) is 17.5. The van der Waals surface area contributed by atoms with Gasteiger partial charge in [0.25, 0.3) is 5.91 Å². The monoisotopic (exact) mass is 419 g/mol. The van der Waals surface area contributed by atoms with Crippen molar-refractivity contribution in [2.45, 2.75) is 13.3 Å². The number of benzene rings is 2. The van der Waals surface area contributed by atoms with E-state index >= 15 is 0 Å². The number of nitrogens with zero attached hydrogens (tertiary/aromatic N) is 3. The number of pyridine rings is 2. The van der Waals surface area contributed by atoms with Gasteiger partial charge in [-0.05, 0) is 48.4 Å². The van der Waals surface area contributed by atoms with Gasteiger partial charge in [0.05, 0.1) is 17.4 Å². The minimum atomic E-state index is -0.285. The number of hydrogen-bond donors (Lipinski definition) is 2. The molecule has 6 heteroatoms. The van der Waals surface area contributed by atoms with Gasteiger partial charge in [0, 0.05) is 35.5 Å². The molecule has 32 heavy (non-hydrogen) atoms. The summed E-state index contributed by atoms with van der Waals surface area (Å²) < 4.78 is 0. The molecule has 0 fully saturated rings. The van der Waals surface area contributed by atoms with Crippen LogP contribution in [0, 0.1) is 6.92 Å². The molecule has 6 nitrogen and oxygen atoms in total. The number of nitrogens with one attached hydrogen (secondary N) is 2. The first-order chi connectivity index (χ1) is 15.7. The third-order valence-electron chi connectivity index (χ3n) is 5.36. The number of aryl methyl sites for hydroxylation is 1. The SMILES string of the molecule is Cc1ccc(Cc2ccc(NC(=O)c3n[nH]c4ccc(-c5cccnc5)cc34)cn2)cc1. The van der Waals surface area contributed by atoms with Gasteiger partial charge >= 0.3 is 0 Å². The highest BCUT2D eigenvalue weighted by atomic mass is 16.1. The lowest BCUT2D eigenvalue weighted by molar-refractivity contribution is 0.102. The minimum absolute atomic E-state index is 0.285. The Morgan fingerprint density at radius 1 is 0.969 bits per heavy atom. The lowest BCUT2D eigenvalue weighted by Crippen LogP contribution is -2.13. The zero-order valence-corrected chi connectivity index (χ0v) is 17.5. The molecule has 0 unspecified atom stereocenters. The van der Waals surface area contributed by atoms with Crippen molar-refractivity contribution in [1.82, 2.24) is 20.2 Å². The highest BCUT2D eigenvalue weighted by Gasteiger charge is 2.15. The molecule has 156 valence electrons. The van der Waals surface area contributed by atoms with E-state index < -0.39 is 0 Å². The van der Waals surface area contributed by atoms with Crippen LogP contribution in [-0.4, -0.2) is 26.1 Å². The summed E-state index contributed by atoms with van der Waals surface area (Å²) in [4.78, 5) is 21.6. The highest BCUT2D eigenvalue weighted by Crippen LogP contribution is 2.25. The van der Waals surface area contributed by atoms with E-state index in [1.807, 2.05) is 42.5 Å². The summed E-state index contributed by atoms with van der Waals surface area (Å²) in [5.41, 5.74) is 7.10. The molecule has 2 N–H and O–H groups in total. The van der Waals surface area contributed by atoms with Crippen LogP contribution in [0.1, 0.15) is 27.3 Å². The number of amides is 1. The van der Waals surface area contributed by atoms with Gasteiger partial charge in [-0.1, -0.05) is 42.0 Å². The Morgan fingerprint density at radius 3 is 2.59 bits per heavy atom. The zero-order chi connectivity index (χ0) is 21.9. The third kappa shape index (κ3) is 4.11. The molecule has 0 atom stereocenters. The van der Waals surface area contributed by atoms with Crippen LogP contribution in [0.3, 0.4) is 0 Å². The maximum atomic E-state index is 12.9. The molecule has 3 heterocycles. The first kappa shape index (κ1) is 19.6. The average molecular weight is 419 g/mol. The van der Waals surface area contributed by atoms with Crippen LogP contribution in [0.2, 0.25) is 0 Å². The van der Waals surface area contributed by atoms with Crippen molar-refractivity contribution >= 4 is 22.5 Å². The molecule has 0 aliphatic rings. The highest BCUT2D eigenvalue weighted by molar-refractivity contribution is 6.11. The molecule has 2 aromatic carbocycles. The lowest BCUT2D eigenvalue weighted by atomic mass is 10.0. The number of carbonyl (C=O) groups excluding carboxylic acids is 1. The number of aromatic nitrogens is 4. The number of fused-ring (bicyclic) bond motifs is 1. The van der Waals surface area contributed by atoms with Crippen LogP contribution in [0.5, 0.6) is 0 Å². The molecule has 0 radical (unpaired) electrons. The molecule has 0 aliphatic carbocycles. The van der Waals surface area contributed by atoms with Crippen molar-refractivity contribution in [2.75, 3.05) is 5.32 Å². The summed E-state index contributed by atoms with van der Waals surface area (Å²) in [6, 6.07) is 21.9. The lowest BCUT2D eigenvalue weighted by Gasteiger charge is -2.06. The van der Waals surface area contributed by atoms with Crippen molar-refractivity contribution in [2.24, 2.45) is 0 Å². The fourth-order valence-corrected chi connectivity index (χ4v) is 3.61. The normalized spacial score (nSPS) is 10.9. The summed E-state index contributed by atoms with van der Waals surface area (Å²) in [5, 5.41) is 10.8. The molecule has 0 saturated heterocycles. The fourth-order valence-electron chi connectivity index (χ4n) is 3.61. The van der Waals surface area contributed by atoms with Crippen molar-refractivity contribution in [3.05, 3.63) is 108 Å². The first-order valence-electron chi connectivity index (χ1n) is 10.4. The van der Waals surface area contributed by atoms with Crippen LogP contribution in [0.15, 0.2) is 85.3 Å². The van der Waals surface area contributed by atoms with Crippen LogP contribution in [0.4, 0.5) is 5.69 Å². The average Bonchev–Trinajstić information content (AvgIpc) is 3.26. The van der Waals surface area contributed by atoms with Crippen LogP contribution in [0.25, 0.3) is 22.0 Å². The van der Waals surface area contributed by atoms with E-state index in [2.05, 4.69) is 56.7 Å². The third-order valence-corrected chi connectivity index (χ3v) is 5.36. The smallest absolute Gasteiger partial charge is 0.276 e. The van der Waals surface area contributed by atoms with Crippen molar-refractivity contribution in [3.8, 4) is 11.1 Å². The van der Waals surface area contributed by atoms with E-state index in [0.29, 0.717) is 11.4 Å². The molecular formula is C26H21N5O. The summed E-state index contributed by atoms with van der Waals surface area (Å²) in [7, 11) is 0. The number of hydrogen-bond acceptors (Lipinski definition) is 4. The number of aromatic amines is 1. The topological polar surface area (TPSA) is 83.6 Å². The Morgan fingerprint density at radius 2 is 1.84 bits per heavy atom.